The van der Waals surface area contributed by atoms with Crippen molar-refractivity contribution < 1.29 is 9.18 Å². The monoisotopic (exact) mass is 286 g/mol. The second kappa shape index (κ2) is 6.99. The minimum atomic E-state index is -0.320. The summed E-state index contributed by atoms with van der Waals surface area (Å²) in [4.78, 5) is 11.8. The van der Waals surface area contributed by atoms with E-state index in [-0.39, 0.29) is 24.3 Å². The van der Waals surface area contributed by atoms with Crippen molar-refractivity contribution >= 4 is 11.6 Å². The van der Waals surface area contributed by atoms with Gasteiger partial charge in [-0.2, -0.15) is 0 Å². The summed E-state index contributed by atoms with van der Waals surface area (Å²) in [5.74, 6) is -0.473. The van der Waals surface area contributed by atoms with E-state index in [1.165, 1.54) is 29.8 Å². The summed E-state index contributed by atoms with van der Waals surface area (Å²) in [5.41, 5.74) is 2.93. The number of rotatable bonds is 5. The third-order valence-corrected chi connectivity index (χ3v) is 3.27. The van der Waals surface area contributed by atoms with E-state index >= 15 is 0 Å². The molecule has 3 nitrogen and oxygen atoms in total. The van der Waals surface area contributed by atoms with Gasteiger partial charge in [0.05, 0.1) is 6.54 Å². The molecular formula is C17H19FN2O. The van der Waals surface area contributed by atoms with Gasteiger partial charge in [-0.15, -0.1) is 0 Å². The van der Waals surface area contributed by atoms with E-state index in [9.17, 15) is 9.18 Å². The van der Waals surface area contributed by atoms with E-state index in [1.54, 1.807) is 0 Å². The van der Waals surface area contributed by atoms with Gasteiger partial charge >= 0.3 is 0 Å². The van der Waals surface area contributed by atoms with Crippen LogP contribution >= 0.6 is 0 Å². The lowest BCUT2D eigenvalue weighted by Crippen LogP contribution is -2.30. The quantitative estimate of drug-likeness (QED) is 0.884. The van der Waals surface area contributed by atoms with Crippen LogP contribution in [-0.2, 0) is 4.79 Å². The minimum absolute atomic E-state index is 0.0876. The number of halogens is 1. The molecule has 1 atom stereocenters. The molecule has 0 aliphatic rings. The van der Waals surface area contributed by atoms with Gasteiger partial charge in [-0.25, -0.2) is 4.39 Å². The molecular weight excluding hydrogens is 267 g/mol. The molecule has 0 aromatic heterocycles. The molecule has 1 amide bonds. The molecule has 2 aromatic carbocycles. The number of anilines is 1. The highest BCUT2D eigenvalue weighted by Gasteiger charge is 2.07. The molecule has 0 saturated carbocycles. The van der Waals surface area contributed by atoms with Crippen LogP contribution in [0.5, 0.6) is 0 Å². The number of aryl methyl sites for hydroxylation is 1. The van der Waals surface area contributed by atoms with Crippen molar-refractivity contribution in [1.82, 2.24) is 5.32 Å². The van der Waals surface area contributed by atoms with Crippen LogP contribution in [0.4, 0.5) is 10.1 Å². The predicted octanol–water partition coefficient (Wildman–Crippen LogP) is 3.42. The molecule has 0 fully saturated rings. The normalized spacial score (nSPS) is 12.0. The largest absolute Gasteiger partial charge is 0.325 e. The molecule has 2 N–H and O–H groups in total. The van der Waals surface area contributed by atoms with Gasteiger partial charge in [0, 0.05) is 11.7 Å². The maximum atomic E-state index is 12.8. The van der Waals surface area contributed by atoms with Crippen LogP contribution in [-0.4, -0.2) is 12.5 Å². The van der Waals surface area contributed by atoms with Gasteiger partial charge in [-0.3, -0.25) is 4.79 Å². The van der Waals surface area contributed by atoms with Crippen LogP contribution in [0.1, 0.15) is 24.1 Å². The van der Waals surface area contributed by atoms with E-state index in [1.807, 2.05) is 38.1 Å². The molecule has 2 rings (SSSR count). The second-order valence-electron chi connectivity index (χ2n) is 5.07. The zero-order valence-corrected chi connectivity index (χ0v) is 12.2. The van der Waals surface area contributed by atoms with E-state index in [0.717, 1.165) is 5.56 Å². The highest BCUT2D eigenvalue weighted by molar-refractivity contribution is 5.92. The second-order valence-corrected chi connectivity index (χ2v) is 5.07. The van der Waals surface area contributed by atoms with Crippen molar-refractivity contribution in [1.29, 1.82) is 0 Å². The molecule has 0 heterocycles. The van der Waals surface area contributed by atoms with Crippen LogP contribution in [0.2, 0.25) is 0 Å². The number of hydrogen-bond acceptors (Lipinski definition) is 2. The smallest absolute Gasteiger partial charge is 0.238 e. The summed E-state index contributed by atoms with van der Waals surface area (Å²) >= 11 is 0. The van der Waals surface area contributed by atoms with E-state index in [0.29, 0.717) is 5.69 Å². The summed E-state index contributed by atoms with van der Waals surface area (Å²) in [6.45, 7) is 4.25. The molecule has 0 saturated heterocycles. The predicted molar refractivity (Wildman–Crippen MR) is 82.6 cm³/mol. The van der Waals surface area contributed by atoms with Gasteiger partial charge in [-0.1, -0.05) is 29.8 Å². The van der Waals surface area contributed by atoms with Crippen molar-refractivity contribution in [3.05, 3.63) is 65.5 Å². The third-order valence-electron chi connectivity index (χ3n) is 3.27. The van der Waals surface area contributed by atoms with Crippen molar-refractivity contribution in [2.45, 2.75) is 19.9 Å². The van der Waals surface area contributed by atoms with Gasteiger partial charge in [0.25, 0.3) is 0 Å². The Kier molecular flexibility index (Phi) is 5.06. The molecule has 0 aliphatic carbocycles. The van der Waals surface area contributed by atoms with Crippen molar-refractivity contribution in [3.63, 3.8) is 0 Å². The van der Waals surface area contributed by atoms with Crippen LogP contribution in [0.15, 0.2) is 48.5 Å². The molecule has 0 radical (unpaired) electrons. The average Bonchev–Trinajstić information content (AvgIpc) is 2.48. The van der Waals surface area contributed by atoms with Gasteiger partial charge in [0.15, 0.2) is 0 Å². The zero-order valence-electron chi connectivity index (χ0n) is 12.2. The van der Waals surface area contributed by atoms with Crippen molar-refractivity contribution in [2.24, 2.45) is 0 Å². The van der Waals surface area contributed by atoms with E-state index < -0.39 is 0 Å². The van der Waals surface area contributed by atoms with Crippen molar-refractivity contribution in [2.75, 3.05) is 11.9 Å². The summed E-state index contributed by atoms with van der Waals surface area (Å²) < 4.78 is 12.8. The number of hydrogen-bond donors (Lipinski definition) is 2. The highest BCUT2D eigenvalue weighted by Crippen LogP contribution is 2.13. The Morgan fingerprint density at radius 3 is 2.33 bits per heavy atom. The Bertz CT molecular complexity index is 593. The van der Waals surface area contributed by atoms with E-state index in [4.69, 9.17) is 0 Å². The first-order valence-corrected chi connectivity index (χ1v) is 6.90. The molecule has 0 bridgehead atoms. The average molecular weight is 286 g/mol. The molecule has 0 aliphatic heterocycles. The fourth-order valence-electron chi connectivity index (χ4n) is 1.96. The van der Waals surface area contributed by atoms with Gasteiger partial charge in [0.1, 0.15) is 5.82 Å². The standard InChI is InChI=1S/C17H19FN2O/c1-12-3-5-14(6-4-12)13(2)19-11-17(21)20-16-9-7-15(18)8-10-16/h3-10,13,19H,11H2,1-2H3,(H,20,21). The Labute approximate surface area is 124 Å². The van der Waals surface area contributed by atoms with Gasteiger partial charge < -0.3 is 10.6 Å². The van der Waals surface area contributed by atoms with Crippen LogP contribution in [0, 0.1) is 12.7 Å². The lowest BCUT2D eigenvalue weighted by Gasteiger charge is -2.14. The Balaban J connectivity index is 1.83. The molecule has 110 valence electrons. The number of nitrogens with one attached hydrogen (secondary N) is 2. The van der Waals surface area contributed by atoms with Crippen LogP contribution in [0.3, 0.4) is 0 Å². The molecule has 2 aromatic rings. The fraction of sp³-hybridized carbons (Fsp3) is 0.235. The summed E-state index contributed by atoms with van der Waals surface area (Å²) in [5, 5.41) is 5.88. The maximum Gasteiger partial charge on any atom is 0.238 e. The van der Waals surface area contributed by atoms with Crippen molar-refractivity contribution in [3.8, 4) is 0 Å². The number of amides is 1. The van der Waals surface area contributed by atoms with Gasteiger partial charge in [0.2, 0.25) is 5.91 Å². The lowest BCUT2D eigenvalue weighted by molar-refractivity contribution is -0.115. The third kappa shape index (κ3) is 4.68. The number of carbonyl (C=O) groups is 1. The Morgan fingerprint density at radius 1 is 1.10 bits per heavy atom. The van der Waals surface area contributed by atoms with Crippen LogP contribution in [0.25, 0.3) is 0 Å². The fourth-order valence-corrected chi connectivity index (χ4v) is 1.96. The van der Waals surface area contributed by atoms with Gasteiger partial charge in [-0.05, 0) is 43.7 Å². The number of benzene rings is 2. The summed E-state index contributed by atoms with van der Waals surface area (Å²) in [7, 11) is 0. The van der Waals surface area contributed by atoms with E-state index in [2.05, 4.69) is 10.6 Å². The Morgan fingerprint density at radius 2 is 1.71 bits per heavy atom. The van der Waals surface area contributed by atoms with Crippen LogP contribution < -0.4 is 10.6 Å². The maximum absolute atomic E-state index is 12.8. The first-order chi connectivity index (χ1) is 10.0. The first kappa shape index (κ1) is 15.2. The first-order valence-electron chi connectivity index (χ1n) is 6.90. The number of carbonyl (C=O) groups excluding carboxylic acids is 1. The Hall–Kier alpha value is -2.20. The lowest BCUT2D eigenvalue weighted by atomic mass is 10.1. The summed E-state index contributed by atoms with van der Waals surface area (Å²) in [6, 6.07) is 14.0. The topological polar surface area (TPSA) is 41.1 Å². The minimum Gasteiger partial charge on any atom is -0.325 e. The molecule has 0 spiro atoms. The molecule has 4 heteroatoms. The highest BCUT2D eigenvalue weighted by atomic mass is 19.1. The zero-order chi connectivity index (χ0) is 15.2. The summed E-state index contributed by atoms with van der Waals surface area (Å²) in [6.07, 6.45) is 0. The SMILES string of the molecule is Cc1ccc(C(C)NCC(=O)Nc2ccc(F)cc2)cc1. The molecule has 1 unspecified atom stereocenters. The molecule has 21 heavy (non-hydrogen) atoms.